The number of ether oxygens (including phenoxy) is 1. The van der Waals surface area contributed by atoms with Crippen molar-refractivity contribution in [3.05, 3.63) is 59.4 Å². The summed E-state index contributed by atoms with van der Waals surface area (Å²) in [5.41, 5.74) is 3.59. The molecule has 0 unspecified atom stereocenters. The van der Waals surface area contributed by atoms with Gasteiger partial charge in [-0.05, 0) is 35.9 Å². The van der Waals surface area contributed by atoms with E-state index in [0.717, 1.165) is 16.6 Å². The van der Waals surface area contributed by atoms with E-state index in [1.165, 1.54) is 7.11 Å². The topological polar surface area (TPSA) is 128 Å². The fourth-order valence-corrected chi connectivity index (χ4v) is 4.05. The van der Waals surface area contributed by atoms with Crippen molar-refractivity contribution in [3.8, 4) is 0 Å². The standard InChI is InChI=1S/C24H27N5O5/c1-28(14-21-26-18-5-3-4-6-19(18)27-21)23(32)15-7-8-17-16(11-15)13-29(9-10-34-2)24(33)20(25-17)12-22(30)31/h3-8,11,20,25H,9-10,12-14H2,1-2H3,(H,26,27)(H,30,31)/t20-/m0/s1. The highest BCUT2D eigenvalue weighted by Gasteiger charge is 2.31. The fourth-order valence-electron chi connectivity index (χ4n) is 4.05. The predicted octanol–water partition coefficient (Wildman–Crippen LogP) is 2.08. The molecule has 1 atom stereocenters. The SMILES string of the molecule is COCCN1Cc2cc(C(=O)N(C)Cc3nc4ccccc4[nH]3)ccc2N[C@@H](CC(=O)O)C1=O. The number of hydrogen-bond acceptors (Lipinski definition) is 6. The number of anilines is 1. The minimum atomic E-state index is -1.07. The molecule has 3 N–H and O–H groups in total. The van der Waals surface area contributed by atoms with E-state index >= 15 is 0 Å². The highest BCUT2D eigenvalue weighted by molar-refractivity contribution is 5.95. The van der Waals surface area contributed by atoms with Crippen molar-refractivity contribution in [3.63, 3.8) is 0 Å². The number of benzene rings is 2. The van der Waals surface area contributed by atoms with E-state index in [9.17, 15) is 19.5 Å². The molecule has 0 radical (unpaired) electrons. The van der Waals surface area contributed by atoms with E-state index in [0.29, 0.717) is 36.8 Å². The van der Waals surface area contributed by atoms with Crippen LogP contribution in [0.15, 0.2) is 42.5 Å². The van der Waals surface area contributed by atoms with Gasteiger partial charge in [0.1, 0.15) is 11.9 Å². The average Bonchev–Trinajstić information content (AvgIpc) is 3.17. The number of imidazole rings is 1. The number of fused-ring (bicyclic) bond motifs is 2. The number of para-hydroxylation sites is 2. The molecule has 4 rings (SSSR count). The third-order valence-corrected chi connectivity index (χ3v) is 5.77. The Morgan fingerprint density at radius 1 is 1.26 bits per heavy atom. The number of carbonyl (C=O) groups is 3. The molecular formula is C24H27N5O5. The molecule has 0 saturated heterocycles. The maximum Gasteiger partial charge on any atom is 0.305 e. The first kappa shape index (κ1) is 23.2. The summed E-state index contributed by atoms with van der Waals surface area (Å²) in [6.45, 7) is 1.19. The molecule has 0 bridgehead atoms. The Hall–Kier alpha value is -3.92. The van der Waals surface area contributed by atoms with Crippen molar-refractivity contribution in [1.29, 1.82) is 0 Å². The molecule has 2 aromatic carbocycles. The van der Waals surface area contributed by atoms with Crippen LogP contribution in [-0.4, -0.2) is 76.0 Å². The summed E-state index contributed by atoms with van der Waals surface area (Å²) in [6, 6.07) is 11.9. The lowest BCUT2D eigenvalue weighted by molar-refractivity contribution is -0.141. The van der Waals surface area contributed by atoms with Gasteiger partial charge in [0.2, 0.25) is 5.91 Å². The molecule has 1 aliphatic rings. The van der Waals surface area contributed by atoms with Gasteiger partial charge in [-0.1, -0.05) is 12.1 Å². The van der Waals surface area contributed by atoms with Crippen molar-refractivity contribution in [2.45, 2.75) is 25.6 Å². The predicted molar refractivity (Wildman–Crippen MR) is 125 cm³/mol. The number of aromatic nitrogens is 2. The van der Waals surface area contributed by atoms with Crippen LogP contribution in [0.2, 0.25) is 0 Å². The van der Waals surface area contributed by atoms with Gasteiger partial charge < -0.3 is 29.9 Å². The Bertz CT molecular complexity index is 1190. The largest absolute Gasteiger partial charge is 0.481 e. The number of H-pyrrole nitrogens is 1. The number of carboxylic acid groups (broad SMARTS) is 1. The lowest BCUT2D eigenvalue weighted by atomic mass is 10.1. The van der Waals surface area contributed by atoms with E-state index in [-0.39, 0.29) is 24.8 Å². The summed E-state index contributed by atoms with van der Waals surface area (Å²) >= 11 is 0. The molecule has 3 aromatic rings. The molecule has 2 heterocycles. The highest BCUT2D eigenvalue weighted by atomic mass is 16.5. The van der Waals surface area contributed by atoms with Crippen LogP contribution in [0.25, 0.3) is 11.0 Å². The summed E-state index contributed by atoms with van der Waals surface area (Å²) in [5.74, 6) is -0.892. The van der Waals surface area contributed by atoms with Gasteiger partial charge in [-0.15, -0.1) is 0 Å². The van der Waals surface area contributed by atoms with Crippen molar-refractivity contribution in [2.75, 3.05) is 32.6 Å². The van der Waals surface area contributed by atoms with Gasteiger partial charge in [0.15, 0.2) is 0 Å². The van der Waals surface area contributed by atoms with Gasteiger partial charge in [-0.3, -0.25) is 14.4 Å². The normalized spacial score (nSPS) is 15.5. The zero-order valence-corrected chi connectivity index (χ0v) is 19.1. The summed E-state index contributed by atoms with van der Waals surface area (Å²) in [5, 5.41) is 12.3. The minimum absolute atomic E-state index is 0.190. The van der Waals surface area contributed by atoms with Gasteiger partial charge in [0.05, 0.1) is 30.6 Å². The number of amides is 2. The minimum Gasteiger partial charge on any atom is -0.481 e. The van der Waals surface area contributed by atoms with Crippen LogP contribution in [0.4, 0.5) is 5.69 Å². The van der Waals surface area contributed by atoms with Crippen LogP contribution >= 0.6 is 0 Å². The first-order chi connectivity index (χ1) is 16.4. The summed E-state index contributed by atoms with van der Waals surface area (Å²) < 4.78 is 5.11. The van der Waals surface area contributed by atoms with E-state index in [1.807, 2.05) is 24.3 Å². The molecule has 0 spiro atoms. The highest BCUT2D eigenvalue weighted by Crippen LogP contribution is 2.26. The zero-order chi connectivity index (χ0) is 24.2. The van der Waals surface area contributed by atoms with Crippen molar-refractivity contribution >= 4 is 34.5 Å². The molecule has 0 fully saturated rings. The van der Waals surface area contributed by atoms with Gasteiger partial charge in [-0.25, -0.2) is 4.98 Å². The number of carboxylic acids is 1. The van der Waals surface area contributed by atoms with E-state index in [2.05, 4.69) is 15.3 Å². The molecule has 34 heavy (non-hydrogen) atoms. The third kappa shape index (κ3) is 5.01. The Labute approximate surface area is 196 Å². The number of nitrogens with one attached hydrogen (secondary N) is 2. The maximum atomic E-state index is 13.1. The van der Waals surface area contributed by atoms with Crippen LogP contribution in [-0.2, 0) is 27.4 Å². The van der Waals surface area contributed by atoms with E-state index in [4.69, 9.17) is 4.74 Å². The second kappa shape index (κ2) is 9.92. The van der Waals surface area contributed by atoms with Crippen LogP contribution in [0.3, 0.4) is 0 Å². The summed E-state index contributed by atoms with van der Waals surface area (Å²) in [7, 11) is 3.24. The molecule has 10 nitrogen and oxygen atoms in total. The van der Waals surface area contributed by atoms with Gasteiger partial charge in [0.25, 0.3) is 5.91 Å². The molecule has 0 saturated carbocycles. The molecule has 178 valence electrons. The second-order valence-corrected chi connectivity index (χ2v) is 8.28. The number of rotatable bonds is 8. The number of hydrogen-bond donors (Lipinski definition) is 3. The number of methoxy groups -OCH3 is 1. The first-order valence-electron chi connectivity index (χ1n) is 10.9. The van der Waals surface area contributed by atoms with Gasteiger partial charge in [-0.2, -0.15) is 0 Å². The van der Waals surface area contributed by atoms with Crippen LogP contribution in [0, 0.1) is 0 Å². The van der Waals surface area contributed by atoms with Crippen LogP contribution in [0.5, 0.6) is 0 Å². The van der Waals surface area contributed by atoms with Crippen LogP contribution < -0.4 is 5.32 Å². The third-order valence-electron chi connectivity index (χ3n) is 5.77. The van der Waals surface area contributed by atoms with Gasteiger partial charge >= 0.3 is 5.97 Å². The van der Waals surface area contributed by atoms with Crippen LogP contribution in [0.1, 0.15) is 28.2 Å². The number of carbonyl (C=O) groups excluding carboxylic acids is 2. The quantitative estimate of drug-likeness (QED) is 0.465. The monoisotopic (exact) mass is 465 g/mol. The Kier molecular flexibility index (Phi) is 6.78. The van der Waals surface area contributed by atoms with E-state index < -0.39 is 12.0 Å². The van der Waals surface area contributed by atoms with Crippen molar-refractivity contribution < 1.29 is 24.2 Å². The molecular weight excluding hydrogens is 438 g/mol. The first-order valence-corrected chi connectivity index (χ1v) is 10.9. The summed E-state index contributed by atoms with van der Waals surface area (Å²) in [4.78, 5) is 48.2. The Balaban J connectivity index is 1.55. The molecule has 1 aliphatic heterocycles. The molecule has 2 amide bonds. The average molecular weight is 466 g/mol. The van der Waals surface area contributed by atoms with Crippen molar-refractivity contribution in [1.82, 2.24) is 19.8 Å². The molecule has 10 heteroatoms. The smallest absolute Gasteiger partial charge is 0.305 e. The lowest BCUT2D eigenvalue weighted by Gasteiger charge is -2.23. The Morgan fingerprint density at radius 3 is 2.79 bits per heavy atom. The van der Waals surface area contributed by atoms with Gasteiger partial charge in [0, 0.05) is 38.5 Å². The fraction of sp³-hybridized carbons (Fsp3) is 0.333. The molecule has 0 aliphatic carbocycles. The number of aromatic amines is 1. The number of nitrogens with zero attached hydrogens (tertiary/aromatic N) is 3. The maximum absolute atomic E-state index is 13.1. The van der Waals surface area contributed by atoms with Crippen molar-refractivity contribution in [2.24, 2.45) is 0 Å². The molecule has 1 aromatic heterocycles. The van der Waals surface area contributed by atoms with E-state index in [1.54, 1.807) is 35.0 Å². The second-order valence-electron chi connectivity index (χ2n) is 8.28. The lowest BCUT2D eigenvalue weighted by Crippen LogP contribution is -2.42. The number of aliphatic carboxylic acids is 1. The Morgan fingerprint density at radius 2 is 2.06 bits per heavy atom. The summed E-state index contributed by atoms with van der Waals surface area (Å²) in [6.07, 6.45) is -0.345. The zero-order valence-electron chi connectivity index (χ0n) is 19.1.